The summed E-state index contributed by atoms with van der Waals surface area (Å²) in [5.74, 6) is -0.508. The van der Waals surface area contributed by atoms with Crippen LogP contribution in [0.1, 0.15) is 20.8 Å². The molecule has 0 aliphatic rings. The summed E-state index contributed by atoms with van der Waals surface area (Å²) < 4.78 is 0. The molecule has 0 fully saturated rings. The molecule has 2 aromatic heterocycles. The van der Waals surface area contributed by atoms with E-state index < -0.39 is 0 Å². The minimum absolute atomic E-state index is 0.179. The van der Waals surface area contributed by atoms with Gasteiger partial charge in [0, 0.05) is 24.5 Å². The van der Waals surface area contributed by atoms with E-state index in [4.69, 9.17) is 0 Å². The minimum atomic E-state index is -0.330. The Kier molecular flexibility index (Phi) is 4.33. The Bertz CT molecular complexity index is 857. The van der Waals surface area contributed by atoms with Crippen molar-refractivity contribution in [3.63, 3.8) is 0 Å². The summed E-state index contributed by atoms with van der Waals surface area (Å²) >= 11 is 0. The Balaban J connectivity index is 1.75. The van der Waals surface area contributed by atoms with E-state index in [1.807, 2.05) is 0 Å². The average molecular weight is 321 g/mol. The second-order valence-corrected chi connectivity index (χ2v) is 4.99. The second kappa shape index (κ2) is 6.74. The maximum atomic E-state index is 12.3. The highest BCUT2D eigenvalue weighted by Gasteiger charge is 2.10. The van der Waals surface area contributed by atoms with Gasteiger partial charge in [-0.05, 0) is 42.5 Å². The van der Waals surface area contributed by atoms with Crippen LogP contribution in [0, 0.1) is 0 Å². The third-order valence-corrected chi connectivity index (χ3v) is 3.39. The smallest absolute Gasteiger partial charge is 0.274 e. The van der Waals surface area contributed by atoms with Gasteiger partial charge >= 0.3 is 0 Å². The molecule has 3 rings (SSSR count). The maximum Gasteiger partial charge on any atom is 0.274 e. The maximum absolute atomic E-state index is 12.3. The molecule has 2 amide bonds. The van der Waals surface area contributed by atoms with E-state index in [9.17, 15) is 9.59 Å². The first kappa shape index (κ1) is 15.4. The lowest BCUT2D eigenvalue weighted by Gasteiger charge is -2.07. The number of carbonyl (C=O) groups excluding carboxylic acids is 2. The van der Waals surface area contributed by atoms with E-state index in [1.54, 1.807) is 61.8 Å². The van der Waals surface area contributed by atoms with Crippen LogP contribution in [-0.4, -0.2) is 34.0 Å². The van der Waals surface area contributed by atoms with Gasteiger partial charge in [-0.2, -0.15) is 5.10 Å². The fourth-order valence-electron chi connectivity index (χ4n) is 2.15. The number of nitrogens with one attached hydrogen (secondary N) is 3. The van der Waals surface area contributed by atoms with Crippen LogP contribution in [0.25, 0.3) is 11.4 Å². The summed E-state index contributed by atoms with van der Waals surface area (Å²) in [7, 11) is 1.57. The largest absolute Gasteiger partial charge is 0.355 e. The molecule has 120 valence electrons. The zero-order valence-electron chi connectivity index (χ0n) is 12.9. The lowest BCUT2D eigenvalue weighted by molar-refractivity contribution is 0.0962. The van der Waals surface area contributed by atoms with Crippen LogP contribution < -0.4 is 10.6 Å². The van der Waals surface area contributed by atoms with Gasteiger partial charge in [-0.15, -0.1) is 0 Å². The van der Waals surface area contributed by atoms with Gasteiger partial charge in [0.1, 0.15) is 5.69 Å². The molecule has 7 nitrogen and oxygen atoms in total. The second-order valence-electron chi connectivity index (χ2n) is 4.99. The van der Waals surface area contributed by atoms with Crippen molar-refractivity contribution in [2.45, 2.75) is 0 Å². The molecule has 2 heterocycles. The molecule has 0 spiro atoms. The van der Waals surface area contributed by atoms with Crippen molar-refractivity contribution in [3.05, 3.63) is 66.0 Å². The minimum Gasteiger partial charge on any atom is -0.355 e. The van der Waals surface area contributed by atoms with Gasteiger partial charge in [0.25, 0.3) is 11.8 Å². The number of rotatable bonds is 4. The highest BCUT2D eigenvalue weighted by molar-refractivity contribution is 6.03. The van der Waals surface area contributed by atoms with Crippen LogP contribution in [0.5, 0.6) is 0 Å². The number of nitrogens with zero attached hydrogens (tertiary/aromatic N) is 2. The molecule has 0 aliphatic carbocycles. The van der Waals surface area contributed by atoms with Crippen molar-refractivity contribution in [3.8, 4) is 11.4 Å². The molecule has 0 saturated heterocycles. The van der Waals surface area contributed by atoms with Crippen molar-refractivity contribution in [1.29, 1.82) is 0 Å². The zero-order chi connectivity index (χ0) is 16.9. The standard InChI is InChI=1S/C17H15N5O2/c1-18-16(23)11-5-7-12(8-6-11)20-17(24)15-4-2-3-13(21-15)14-9-10-19-22-14/h2-10H,1H3,(H,18,23)(H,19,22)(H,20,24). The van der Waals surface area contributed by atoms with E-state index in [-0.39, 0.29) is 17.5 Å². The normalized spacial score (nSPS) is 10.2. The fourth-order valence-corrected chi connectivity index (χ4v) is 2.15. The Morgan fingerprint density at radius 3 is 2.46 bits per heavy atom. The van der Waals surface area contributed by atoms with Crippen LogP contribution in [0.4, 0.5) is 5.69 Å². The van der Waals surface area contributed by atoms with Crippen LogP contribution in [0.3, 0.4) is 0 Å². The van der Waals surface area contributed by atoms with Gasteiger partial charge in [-0.3, -0.25) is 14.7 Å². The molecule has 0 atom stereocenters. The Morgan fingerprint density at radius 2 is 1.79 bits per heavy atom. The van der Waals surface area contributed by atoms with Gasteiger partial charge in [-0.25, -0.2) is 4.98 Å². The first-order valence-corrected chi connectivity index (χ1v) is 7.27. The van der Waals surface area contributed by atoms with Gasteiger partial charge in [0.15, 0.2) is 0 Å². The summed E-state index contributed by atoms with van der Waals surface area (Å²) in [6, 6.07) is 13.6. The number of pyridine rings is 1. The summed E-state index contributed by atoms with van der Waals surface area (Å²) in [5, 5.41) is 12.0. The number of hydrogen-bond acceptors (Lipinski definition) is 4. The van der Waals surface area contributed by atoms with Gasteiger partial charge in [-0.1, -0.05) is 6.07 Å². The predicted octanol–water partition coefficient (Wildman–Crippen LogP) is 2.08. The van der Waals surface area contributed by atoms with Crippen LogP contribution in [-0.2, 0) is 0 Å². The highest BCUT2D eigenvalue weighted by atomic mass is 16.2. The number of aromatic amines is 1. The molecule has 0 aliphatic heterocycles. The number of hydrogen-bond donors (Lipinski definition) is 3. The Hall–Kier alpha value is -3.48. The van der Waals surface area contributed by atoms with Crippen LogP contribution in [0.15, 0.2) is 54.7 Å². The predicted molar refractivity (Wildman–Crippen MR) is 89.6 cm³/mol. The summed E-state index contributed by atoms with van der Waals surface area (Å²) in [6.45, 7) is 0. The summed E-state index contributed by atoms with van der Waals surface area (Å²) in [5.41, 5.74) is 2.77. The lowest BCUT2D eigenvalue weighted by atomic mass is 10.2. The SMILES string of the molecule is CNC(=O)c1ccc(NC(=O)c2cccc(-c3ccn[nH]3)n2)cc1. The van der Waals surface area contributed by atoms with Crippen molar-refractivity contribution in [2.75, 3.05) is 12.4 Å². The van der Waals surface area contributed by atoms with Gasteiger partial charge in [0.2, 0.25) is 0 Å². The molecule has 7 heteroatoms. The third kappa shape index (κ3) is 3.30. The van der Waals surface area contributed by atoms with Crippen molar-refractivity contribution < 1.29 is 9.59 Å². The van der Waals surface area contributed by atoms with E-state index >= 15 is 0 Å². The van der Waals surface area contributed by atoms with Crippen molar-refractivity contribution in [1.82, 2.24) is 20.5 Å². The lowest BCUT2D eigenvalue weighted by Crippen LogP contribution is -2.18. The van der Waals surface area contributed by atoms with Crippen molar-refractivity contribution >= 4 is 17.5 Å². The van der Waals surface area contributed by atoms with E-state index in [0.29, 0.717) is 16.9 Å². The third-order valence-electron chi connectivity index (χ3n) is 3.39. The molecule has 0 saturated carbocycles. The summed E-state index contributed by atoms with van der Waals surface area (Å²) in [6.07, 6.45) is 1.62. The van der Waals surface area contributed by atoms with E-state index in [2.05, 4.69) is 25.8 Å². The molecule has 0 bridgehead atoms. The molecular weight excluding hydrogens is 306 g/mol. The van der Waals surface area contributed by atoms with Gasteiger partial charge in [0.05, 0.1) is 11.4 Å². The summed E-state index contributed by atoms with van der Waals surface area (Å²) in [4.78, 5) is 28.2. The molecule has 24 heavy (non-hydrogen) atoms. The highest BCUT2D eigenvalue weighted by Crippen LogP contribution is 2.15. The molecule has 3 aromatic rings. The number of aromatic nitrogens is 3. The number of benzene rings is 1. The Morgan fingerprint density at radius 1 is 1.00 bits per heavy atom. The number of carbonyl (C=O) groups is 2. The number of anilines is 1. The fraction of sp³-hybridized carbons (Fsp3) is 0.0588. The van der Waals surface area contributed by atoms with Crippen LogP contribution >= 0.6 is 0 Å². The molecular formula is C17H15N5O2. The quantitative estimate of drug-likeness (QED) is 0.685. The molecule has 1 aromatic carbocycles. The average Bonchev–Trinajstić information content (AvgIpc) is 3.16. The molecule has 0 radical (unpaired) electrons. The topological polar surface area (TPSA) is 99.8 Å². The zero-order valence-corrected chi connectivity index (χ0v) is 12.9. The number of amides is 2. The van der Waals surface area contributed by atoms with Gasteiger partial charge < -0.3 is 10.6 Å². The van der Waals surface area contributed by atoms with Crippen molar-refractivity contribution in [2.24, 2.45) is 0 Å². The monoisotopic (exact) mass is 321 g/mol. The first-order chi connectivity index (χ1) is 11.7. The Labute approximate surface area is 138 Å². The number of H-pyrrole nitrogens is 1. The van der Waals surface area contributed by atoms with E-state index in [0.717, 1.165) is 5.69 Å². The van der Waals surface area contributed by atoms with E-state index in [1.165, 1.54) is 0 Å². The molecule has 0 unspecified atom stereocenters. The van der Waals surface area contributed by atoms with Crippen LogP contribution in [0.2, 0.25) is 0 Å². The molecule has 3 N–H and O–H groups in total. The first-order valence-electron chi connectivity index (χ1n) is 7.27.